The van der Waals surface area contributed by atoms with Gasteiger partial charge in [0.25, 0.3) is 0 Å². The van der Waals surface area contributed by atoms with E-state index in [1.807, 2.05) is 0 Å². The van der Waals surface area contributed by atoms with Crippen molar-refractivity contribution in [2.45, 2.75) is 24.7 Å². The quantitative estimate of drug-likeness (QED) is 0.555. The summed E-state index contributed by atoms with van der Waals surface area (Å²) in [5.74, 6) is 0. The normalized spacial score (nSPS) is 44.7. The molecule has 0 saturated carbocycles. The van der Waals surface area contributed by atoms with Crippen molar-refractivity contribution < 1.29 is 24.1 Å². The Kier molecular flexibility index (Phi) is 2.78. The average molecular weight is 166 g/mol. The zero-order chi connectivity index (χ0) is 8.43. The second kappa shape index (κ2) is 3.44. The van der Waals surface area contributed by atoms with E-state index in [4.69, 9.17) is 14.9 Å². The molecule has 0 bridgehead atoms. The molecule has 1 saturated heterocycles. The summed E-state index contributed by atoms with van der Waals surface area (Å²) in [4.78, 5) is 0. The highest BCUT2D eigenvalue weighted by molar-refractivity contribution is 4.86. The van der Waals surface area contributed by atoms with Crippen molar-refractivity contribution in [3.63, 3.8) is 0 Å². The standard InChI is InChI=1S/C6H11FO4/c1-10-6-5(9)4(7)3(2-8)11-6/h3-6,8-9H,2H2,1H3/t3-,4-,5+,6-/m1/s1. The summed E-state index contributed by atoms with van der Waals surface area (Å²) >= 11 is 0. The van der Waals surface area contributed by atoms with Crippen LogP contribution in [0.5, 0.6) is 0 Å². The lowest BCUT2D eigenvalue weighted by molar-refractivity contribution is -0.153. The molecule has 0 aromatic rings. The molecule has 0 radical (unpaired) electrons. The SMILES string of the molecule is CO[C@@H]1O[C@H](CO)[C@@H](F)[C@@H]1O. The van der Waals surface area contributed by atoms with E-state index in [0.29, 0.717) is 0 Å². The molecule has 2 N–H and O–H groups in total. The molecule has 1 aliphatic heterocycles. The topological polar surface area (TPSA) is 58.9 Å². The van der Waals surface area contributed by atoms with Crippen LogP contribution in [0, 0.1) is 0 Å². The fraction of sp³-hybridized carbons (Fsp3) is 1.00. The number of hydrogen-bond acceptors (Lipinski definition) is 4. The van der Waals surface area contributed by atoms with Crippen molar-refractivity contribution in [2.75, 3.05) is 13.7 Å². The fourth-order valence-electron chi connectivity index (χ4n) is 1.04. The number of rotatable bonds is 2. The smallest absolute Gasteiger partial charge is 0.186 e. The number of ether oxygens (including phenoxy) is 2. The summed E-state index contributed by atoms with van der Waals surface area (Å²) in [6.45, 7) is -0.446. The van der Waals surface area contributed by atoms with Gasteiger partial charge in [0.05, 0.1) is 6.61 Å². The molecule has 0 amide bonds. The van der Waals surface area contributed by atoms with Crippen molar-refractivity contribution in [3.8, 4) is 0 Å². The van der Waals surface area contributed by atoms with Crippen molar-refractivity contribution in [1.29, 1.82) is 0 Å². The molecular weight excluding hydrogens is 155 g/mol. The maximum atomic E-state index is 12.8. The maximum absolute atomic E-state index is 12.8. The summed E-state index contributed by atoms with van der Waals surface area (Å²) in [7, 11) is 1.31. The van der Waals surface area contributed by atoms with E-state index < -0.39 is 31.3 Å². The third-order valence-electron chi connectivity index (χ3n) is 1.68. The minimum absolute atomic E-state index is 0.446. The van der Waals surface area contributed by atoms with E-state index >= 15 is 0 Å². The summed E-state index contributed by atoms with van der Waals surface area (Å²) < 4.78 is 22.2. The molecule has 0 aromatic carbocycles. The van der Waals surface area contributed by atoms with Gasteiger partial charge in [0.1, 0.15) is 12.2 Å². The molecule has 0 unspecified atom stereocenters. The number of hydrogen-bond donors (Lipinski definition) is 2. The summed E-state index contributed by atoms with van der Waals surface area (Å²) in [5, 5.41) is 17.6. The highest BCUT2D eigenvalue weighted by Crippen LogP contribution is 2.23. The third-order valence-corrected chi connectivity index (χ3v) is 1.68. The second-order valence-electron chi connectivity index (χ2n) is 2.40. The van der Waals surface area contributed by atoms with Crippen LogP contribution in [0.2, 0.25) is 0 Å². The van der Waals surface area contributed by atoms with Crippen molar-refractivity contribution >= 4 is 0 Å². The lowest BCUT2D eigenvalue weighted by Gasteiger charge is -2.10. The van der Waals surface area contributed by atoms with Gasteiger partial charge in [-0.1, -0.05) is 0 Å². The first-order valence-electron chi connectivity index (χ1n) is 3.32. The lowest BCUT2D eigenvalue weighted by atomic mass is 10.2. The molecule has 1 heterocycles. The largest absolute Gasteiger partial charge is 0.394 e. The number of aliphatic hydroxyl groups is 2. The Hall–Kier alpha value is -0.230. The van der Waals surface area contributed by atoms with E-state index in [-0.39, 0.29) is 0 Å². The van der Waals surface area contributed by atoms with Crippen molar-refractivity contribution in [2.24, 2.45) is 0 Å². The number of halogens is 1. The molecule has 11 heavy (non-hydrogen) atoms. The Bertz CT molecular complexity index is 114. The van der Waals surface area contributed by atoms with E-state index in [1.165, 1.54) is 7.11 Å². The van der Waals surface area contributed by atoms with Gasteiger partial charge < -0.3 is 19.7 Å². The summed E-state index contributed by atoms with van der Waals surface area (Å²) in [6.07, 6.45) is -4.78. The number of aliphatic hydroxyl groups excluding tert-OH is 2. The van der Waals surface area contributed by atoms with Crippen LogP contribution in [0.3, 0.4) is 0 Å². The zero-order valence-corrected chi connectivity index (χ0v) is 6.11. The number of methoxy groups -OCH3 is 1. The van der Waals surface area contributed by atoms with Crippen LogP contribution in [0.4, 0.5) is 4.39 Å². The van der Waals surface area contributed by atoms with Gasteiger partial charge in [-0.05, 0) is 0 Å². The van der Waals surface area contributed by atoms with Gasteiger partial charge in [0.2, 0.25) is 0 Å². The Morgan fingerprint density at radius 1 is 1.64 bits per heavy atom. The fourth-order valence-corrected chi connectivity index (χ4v) is 1.04. The highest BCUT2D eigenvalue weighted by Gasteiger charge is 2.43. The molecule has 66 valence electrons. The first-order chi connectivity index (χ1) is 5.20. The monoisotopic (exact) mass is 166 g/mol. The van der Waals surface area contributed by atoms with Gasteiger partial charge in [-0.3, -0.25) is 0 Å². The van der Waals surface area contributed by atoms with Gasteiger partial charge in [-0.25, -0.2) is 4.39 Å². The maximum Gasteiger partial charge on any atom is 0.186 e. The molecule has 5 heteroatoms. The van der Waals surface area contributed by atoms with Crippen LogP contribution in [0.25, 0.3) is 0 Å². The van der Waals surface area contributed by atoms with Crippen LogP contribution in [-0.2, 0) is 9.47 Å². The van der Waals surface area contributed by atoms with Gasteiger partial charge in [0.15, 0.2) is 12.5 Å². The summed E-state index contributed by atoms with van der Waals surface area (Å²) in [6, 6.07) is 0. The Morgan fingerprint density at radius 2 is 2.27 bits per heavy atom. The highest BCUT2D eigenvalue weighted by atomic mass is 19.1. The molecule has 0 aliphatic carbocycles. The van der Waals surface area contributed by atoms with Crippen LogP contribution < -0.4 is 0 Å². The second-order valence-corrected chi connectivity index (χ2v) is 2.40. The molecule has 1 rings (SSSR count). The van der Waals surface area contributed by atoms with Crippen LogP contribution in [0.1, 0.15) is 0 Å². The molecule has 4 atom stereocenters. The molecule has 0 spiro atoms. The third kappa shape index (κ3) is 1.51. The first-order valence-corrected chi connectivity index (χ1v) is 3.32. The van der Waals surface area contributed by atoms with Gasteiger partial charge >= 0.3 is 0 Å². The van der Waals surface area contributed by atoms with Crippen LogP contribution in [0.15, 0.2) is 0 Å². The minimum Gasteiger partial charge on any atom is -0.394 e. The van der Waals surface area contributed by atoms with Crippen LogP contribution >= 0.6 is 0 Å². The first kappa shape index (κ1) is 8.86. The van der Waals surface area contributed by atoms with Crippen molar-refractivity contribution in [3.05, 3.63) is 0 Å². The Balaban J connectivity index is 2.53. The molecule has 4 nitrogen and oxygen atoms in total. The molecule has 0 aromatic heterocycles. The van der Waals surface area contributed by atoms with Gasteiger partial charge in [0, 0.05) is 7.11 Å². The van der Waals surface area contributed by atoms with E-state index in [0.717, 1.165) is 0 Å². The van der Waals surface area contributed by atoms with E-state index in [1.54, 1.807) is 0 Å². The zero-order valence-electron chi connectivity index (χ0n) is 6.11. The summed E-state index contributed by atoms with van der Waals surface area (Å²) in [5.41, 5.74) is 0. The minimum atomic E-state index is -1.56. The molecule has 1 aliphatic rings. The number of alkyl halides is 1. The van der Waals surface area contributed by atoms with Crippen molar-refractivity contribution in [1.82, 2.24) is 0 Å². The predicted molar refractivity (Wildman–Crippen MR) is 33.7 cm³/mol. The van der Waals surface area contributed by atoms with Crippen LogP contribution in [-0.4, -0.2) is 48.6 Å². The predicted octanol–water partition coefficient (Wildman–Crippen LogP) is -0.951. The Morgan fingerprint density at radius 3 is 2.55 bits per heavy atom. The van der Waals surface area contributed by atoms with E-state index in [2.05, 4.69) is 4.74 Å². The molecular formula is C6H11FO4. The molecule has 1 fully saturated rings. The van der Waals surface area contributed by atoms with Gasteiger partial charge in [-0.15, -0.1) is 0 Å². The Labute approximate surface area is 63.5 Å². The average Bonchev–Trinajstić information content (AvgIpc) is 2.30. The van der Waals surface area contributed by atoms with Gasteiger partial charge in [-0.2, -0.15) is 0 Å². The lowest BCUT2D eigenvalue weighted by Crippen LogP contribution is -2.30. The van der Waals surface area contributed by atoms with E-state index in [9.17, 15) is 4.39 Å².